The molecule has 0 aliphatic carbocycles. The molecule has 28 heavy (non-hydrogen) atoms. The lowest BCUT2D eigenvalue weighted by Crippen LogP contribution is -2.46. The molecule has 1 aliphatic heterocycles. The fraction of sp³-hybridized carbons (Fsp3) is 0.550. The second-order valence-electron chi connectivity index (χ2n) is 8.31. The van der Waals surface area contributed by atoms with Gasteiger partial charge in [-0.2, -0.15) is 0 Å². The van der Waals surface area contributed by atoms with Crippen LogP contribution in [0.25, 0.3) is 10.9 Å². The molecule has 7 nitrogen and oxygen atoms in total. The van der Waals surface area contributed by atoms with Crippen molar-refractivity contribution in [2.75, 3.05) is 13.1 Å². The second-order valence-corrected chi connectivity index (χ2v) is 8.31. The number of nitrogens with zero attached hydrogens (tertiary/aromatic N) is 3. The van der Waals surface area contributed by atoms with Crippen LogP contribution in [-0.4, -0.2) is 50.0 Å². The number of ether oxygens (including phenoxy) is 1. The van der Waals surface area contributed by atoms with Crippen molar-refractivity contribution in [2.45, 2.75) is 57.8 Å². The maximum Gasteiger partial charge on any atom is 0.410 e. The highest BCUT2D eigenvalue weighted by atomic mass is 19.1. The summed E-state index contributed by atoms with van der Waals surface area (Å²) in [5.41, 5.74) is -1.86. The number of benzene rings is 1. The fourth-order valence-corrected chi connectivity index (χ4v) is 3.29. The summed E-state index contributed by atoms with van der Waals surface area (Å²) < 4.78 is 21.9. The molecule has 152 valence electrons. The van der Waals surface area contributed by atoms with Crippen LogP contribution in [-0.2, 0) is 11.3 Å². The van der Waals surface area contributed by atoms with E-state index in [4.69, 9.17) is 4.74 Å². The number of piperidine rings is 1. The van der Waals surface area contributed by atoms with Crippen molar-refractivity contribution >= 4 is 17.0 Å². The molecule has 1 fully saturated rings. The Labute approximate surface area is 162 Å². The zero-order valence-corrected chi connectivity index (χ0v) is 16.4. The molecular formula is C20H26FN3O4. The summed E-state index contributed by atoms with van der Waals surface area (Å²) in [6.45, 7) is 6.13. The van der Waals surface area contributed by atoms with Gasteiger partial charge in [0.25, 0.3) is 5.56 Å². The van der Waals surface area contributed by atoms with Crippen LogP contribution in [0.3, 0.4) is 0 Å². The highest BCUT2D eigenvalue weighted by Crippen LogP contribution is 2.31. The highest BCUT2D eigenvalue weighted by Gasteiger charge is 2.37. The summed E-state index contributed by atoms with van der Waals surface area (Å²) in [5.74, 6) is -0.0133. The van der Waals surface area contributed by atoms with Gasteiger partial charge in [-0.3, -0.25) is 9.36 Å². The van der Waals surface area contributed by atoms with E-state index in [2.05, 4.69) is 4.98 Å². The van der Waals surface area contributed by atoms with E-state index in [9.17, 15) is 14.7 Å². The van der Waals surface area contributed by atoms with Crippen molar-refractivity contribution in [1.82, 2.24) is 14.5 Å². The Hall–Kier alpha value is -2.64. The number of amides is 1. The minimum Gasteiger partial charge on any atom is -0.508 e. The predicted molar refractivity (Wildman–Crippen MR) is 103 cm³/mol. The maximum atomic E-state index is 15.2. The number of rotatable bonds is 3. The van der Waals surface area contributed by atoms with Crippen molar-refractivity contribution < 1.29 is 19.0 Å². The number of carbonyl (C=O) groups excluding carboxylic acids is 1. The first-order valence-corrected chi connectivity index (χ1v) is 9.41. The normalized spacial score (nSPS) is 16.9. The van der Waals surface area contributed by atoms with E-state index in [0.29, 0.717) is 10.9 Å². The van der Waals surface area contributed by atoms with Crippen LogP contribution in [0.15, 0.2) is 29.3 Å². The lowest BCUT2D eigenvalue weighted by Gasteiger charge is -2.37. The van der Waals surface area contributed by atoms with Gasteiger partial charge in [-0.1, -0.05) is 0 Å². The molecule has 1 aliphatic rings. The van der Waals surface area contributed by atoms with Crippen LogP contribution < -0.4 is 5.56 Å². The summed E-state index contributed by atoms with van der Waals surface area (Å²) in [4.78, 5) is 30.4. The Bertz CT molecular complexity index is 927. The molecule has 0 saturated carbocycles. The van der Waals surface area contributed by atoms with Crippen molar-refractivity contribution in [2.24, 2.45) is 0 Å². The standard InChI is InChI=1S/C20H26FN3O4/c1-19(2,3)28-18(27)23-9-6-20(21,7-10-23)8-11-24-13-22-16-5-4-14(25)12-15(16)17(24)26/h4-5,12-13,25H,6-11H2,1-3H3. The Morgan fingerprint density at radius 2 is 2.00 bits per heavy atom. The Balaban J connectivity index is 1.62. The van der Waals surface area contributed by atoms with Gasteiger partial charge in [-0.15, -0.1) is 0 Å². The van der Waals surface area contributed by atoms with Gasteiger partial charge in [0.2, 0.25) is 0 Å². The van der Waals surface area contributed by atoms with Crippen molar-refractivity contribution in [3.8, 4) is 5.75 Å². The number of phenolic OH excluding ortho intramolecular Hbond substituents is 1. The lowest BCUT2D eigenvalue weighted by atomic mass is 9.90. The molecule has 2 heterocycles. The number of aromatic nitrogens is 2. The molecule has 2 aromatic rings. The molecule has 3 rings (SSSR count). The van der Waals surface area contributed by atoms with Crippen LogP contribution in [0.1, 0.15) is 40.0 Å². The van der Waals surface area contributed by atoms with Gasteiger partial charge < -0.3 is 14.7 Å². The van der Waals surface area contributed by atoms with Gasteiger partial charge >= 0.3 is 6.09 Å². The van der Waals surface area contributed by atoms with Crippen LogP contribution in [0.4, 0.5) is 9.18 Å². The van der Waals surface area contributed by atoms with Crippen molar-refractivity contribution in [3.05, 3.63) is 34.9 Å². The number of aromatic hydroxyl groups is 1. The van der Waals surface area contributed by atoms with Gasteiger partial charge in [-0.05, 0) is 58.2 Å². The molecule has 0 bridgehead atoms. The van der Waals surface area contributed by atoms with E-state index >= 15 is 4.39 Å². The predicted octanol–water partition coefficient (Wildman–Crippen LogP) is 3.23. The number of likely N-dealkylation sites (tertiary alicyclic amines) is 1. The largest absolute Gasteiger partial charge is 0.508 e. The van der Waals surface area contributed by atoms with Crippen LogP contribution >= 0.6 is 0 Å². The van der Waals surface area contributed by atoms with Crippen LogP contribution in [0.5, 0.6) is 5.75 Å². The summed E-state index contributed by atoms with van der Waals surface area (Å²) in [6.07, 6.45) is 1.53. The average molecular weight is 391 g/mol. The summed E-state index contributed by atoms with van der Waals surface area (Å²) >= 11 is 0. The SMILES string of the molecule is CC(C)(C)OC(=O)N1CCC(F)(CCn2cnc3ccc(O)cc3c2=O)CC1. The zero-order chi connectivity index (χ0) is 20.5. The number of alkyl halides is 1. The third-order valence-corrected chi connectivity index (χ3v) is 4.92. The van der Waals surface area contributed by atoms with Gasteiger partial charge in [0.05, 0.1) is 17.2 Å². The second kappa shape index (κ2) is 7.41. The number of fused-ring (bicyclic) bond motifs is 1. The molecule has 1 aromatic heterocycles. The topological polar surface area (TPSA) is 84.7 Å². The highest BCUT2D eigenvalue weighted by molar-refractivity contribution is 5.78. The Kier molecular flexibility index (Phi) is 5.32. The molecule has 1 N–H and O–H groups in total. The van der Waals surface area contributed by atoms with Gasteiger partial charge in [-0.25, -0.2) is 14.2 Å². The Morgan fingerprint density at radius 3 is 2.64 bits per heavy atom. The number of halogens is 1. The molecule has 1 amide bonds. The van der Waals surface area contributed by atoms with E-state index in [1.54, 1.807) is 26.8 Å². The number of hydrogen-bond acceptors (Lipinski definition) is 5. The molecular weight excluding hydrogens is 365 g/mol. The van der Waals surface area contributed by atoms with Crippen LogP contribution in [0.2, 0.25) is 0 Å². The third-order valence-electron chi connectivity index (χ3n) is 4.92. The summed E-state index contributed by atoms with van der Waals surface area (Å²) in [5, 5.41) is 9.88. The molecule has 1 saturated heterocycles. The Morgan fingerprint density at radius 1 is 1.32 bits per heavy atom. The van der Waals surface area contributed by atoms with Gasteiger partial charge in [0.1, 0.15) is 17.0 Å². The first kappa shape index (κ1) is 20.1. The quantitative estimate of drug-likeness (QED) is 0.868. The average Bonchev–Trinajstić information content (AvgIpc) is 2.61. The van der Waals surface area contributed by atoms with Gasteiger partial charge in [0, 0.05) is 19.6 Å². The van der Waals surface area contributed by atoms with Crippen molar-refractivity contribution in [3.63, 3.8) is 0 Å². The first-order chi connectivity index (χ1) is 13.1. The lowest BCUT2D eigenvalue weighted by molar-refractivity contribution is 0.000523. The smallest absolute Gasteiger partial charge is 0.410 e. The van der Waals surface area contributed by atoms with E-state index in [-0.39, 0.29) is 50.2 Å². The molecule has 8 heteroatoms. The van der Waals surface area contributed by atoms with Crippen molar-refractivity contribution in [1.29, 1.82) is 0 Å². The minimum absolute atomic E-state index is 0.0133. The minimum atomic E-state index is -1.45. The number of carbonyl (C=O) groups is 1. The monoisotopic (exact) mass is 391 g/mol. The first-order valence-electron chi connectivity index (χ1n) is 9.41. The van der Waals surface area contributed by atoms with E-state index in [1.807, 2.05) is 0 Å². The number of aryl methyl sites for hydroxylation is 1. The zero-order valence-electron chi connectivity index (χ0n) is 16.4. The number of phenols is 1. The van der Waals surface area contributed by atoms with Gasteiger partial charge in [0.15, 0.2) is 0 Å². The fourth-order valence-electron chi connectivity index (χ4n) is 3.29. The molecule has 0 radical (unpaired) electrons. The summed E-state index contributed by atoms with van der Waals surface area (Å²) in [7, 11) is 0. The molecule has 0 atom stereocenters. The maximum absolute atomic E-state index is 15.2. The third kappa shape index (κ3) is 4.61. The van der Waals surface area contributed by atoms with E-state index < -0.39 is 17.4 Å². The molecule has 0 unspecified atom stereocenters. The van der Waals surface area contributed by atoms with Crippen LogP contribution in [0, 0.1) is 0 Å². The van der Waals surface area contributed by atoms with E-state index in [0.717, 1.165) is 0 Å². The molecule has 0 spiro atoms. The molecule has 1 aromatic carbocycles. The summed E-state index contributed by atoms with van der Waals surface area (Å²) in [6, 6.07) is 4.40. The number of hydrogen-bond donors (Lipinski definition) is 1. The van der Waals surface area contributed by atoms with E-state index in [1.165, 1.54) is 27.9 Å².